The van der Waals surface area contributed by atoms with Gasteiger partial charge in [-0.05, 0) is 59.8 Å². The maximum atomic E-state index is 12.2. The molecular weight excluding hydrogens is 520 g/mol. The fourth-order valence-electron chi connectivity index (χ4n) is 7.43. The Kier molecular flexibility index (Phi) is 8.85. The van der Waals surface area contributed by atoms with E-state index in [0.29, 0.717) is 29.0 Å². The predicted octanol–water partition coefficient (Wildman–Crippen LogP) is 5.82. The summed E-state index contributed by atoms with van der Waals surface area (Å²) in [6, 6.07) is 16.0. The van der Waals surface area contributed by atoms with Crippen LogP contribution in [0.2, 0.25) is 0 Å². The van der Waals surface area contributed by atoms with Gasteiger partial charge >= 0.3 is 5.97 Å². The smallest absolute Gasteiger partial charge is 0.303 e. The highest BCUT2D eigenvalue weighted by Gasteiger charge is 2.50. The van der Waals surface area contributed by atoms with Gasteiger partial charge in [-0.25, -0.2) is 0 Å². The number of carboxylic acid groups (broad SMARTS) is 1. The van der Waals surface area contributed by atoms with Crippen molar-refractivity contribution in [3.05, 3.63) is 65.2 Å². The van der Waals surface area contributed by atoms with Crippen molar-refractivity contribution >= 4 is 17.6 Å². The van der Waals surface area contributed by atoms with Gasteiger partial charge in [-0.3, -0.25) is 14.5 Å². The molecule has 3 aliphatic rings. The number of fused-ring (bicyclic) bond motifs is 2. The molecule has 8 heteroatoms. The van der Waals surface area contributed by atoms with Crippen molar-refractivity contribution in [3.63, 3.8) is 0 Å². The Labute approximate surface area is 243 Å². The number of nitrogens with zero attached hydrogens (tertiary/aromatic N) is 1. The monoisotopic (exact) mass is 564 g/mol. The second kappa shape index (κ2) is 12.2. The first-order valence-corrected chi connectivity index (χ1v) is 14.9. The number of carbonyl (C=O) groups is 2. The molecule has 2 aromatic carbocycles. The number of carbonyl (C=O) groups excluding carboxylic acids is 1. The summed E-state index contributed by atoms with van der Waals surface area (Å²) >= 11 is 0. The highest BCUT2D eigenvalue weighted by Crippen LogP contribution is 2.53. The molecule has 222 valence electrons. The van der Waals surface area contributed by atoms with Crippen LogP contribution >= 0.6 is 0 Å². The second-order valence-corrected chi connectivity index (χ2v) is 13.4. The molecule has 5 rings (SSSR count). The molecule has 2 saturated heterocycles. The summed E-state index contributed by atoms with van der Waals surface area (Å²) < 4.78 is 13.1. The van der Waals surface area contributed by atoms with Gasteiger partial charge in [0.1, 0.15) is 0 Å². The quantitative estimate of drug-likeness (QED) is 0.334. The maximum absolute atomic E-state index is 12.2. The molecule has 5 unspecified atom stereocenters. The number of amides is 1. The van der Waals surface area contributed by atoms with Crippen LogP contribution in [0, 0.1) is 10.8 Å². The van der Waals surface area contributed by atoms with E-state index in [9.17, 15) is 14.7 Å². The summed E-state index contributed by atoms with van der Waals surface area (Å²) in [7, 11) is 0. The Hall–Kier alpha value is -2.78. The molecule has 2 aliphatic heterocycles. The minimum atomic E-state index is -0.901. The molecular formula is C33H44N2O6. The maximum Gasteiger partial charge on any atom is 0.303 e. The summed E-state index contributed by atoms with van der Waals surface area (Å²) in [5.74, 6) is -1.11. The number of aliphatic hydroxyl groups is 1. The summed E-state index contributed by atoms with van der Waals surface area (Å²) in [6.45, 7) is 9.21. The zero-order chi connectivity index (χ0) is 29.2. The number of carboxylic acids is 1. The molecule has 2 heterocycles. The molecule has 1 saturated carbocycles. The van der Waals surface area contributed by atoms with Gasteiger partial charge in [0.15, 0.2) is 6.29 Å². The third-order valence-electron chi connectivity index (χ3n) is 8.84. The molecule has 41 heavy (non-hydrogen) atoms. The van der Waals surface area contributed by atoms with E-state index in [1.807, 2.05) is 48.5 Å². The van der Waals surface area contributed by atoms with Crippen molar-refractivity contribution in [1.82, 2.24) is 4.90 Å². The van der Waals surface area contributed by atoms with Gasteiger partial charge in [-0.1, -0.05) is 57.2 Å². The minimum Gasteiger partial charge on any atom is -0.481 e. The van der Waals surface area contributed by atoms with Crippen molar-refractivity contribution in [1.29, 1.82) is 0 Å². The van der Waals surface area contributed by atoms with E-state index in [2.05, 4.69) is 31.0 Å². The summed E-state index contributed by atoms with van der Waals surface area (Å²) in [4.78, 5) is 25.6. The van der Waals surface area contributed by atoms with Crippen LogP contribution in [0.25, 0.3) is 0 Å². The fourth-order valence-corrected chi connectivity index (χ4v) is 7.43. The van der Waals surface area contributed by atoms with E-state index in [0.717, 1.165) is 36.2 Å². The van der Waals surface area contributed by atoms with E-state index in [4.69, 9.17) is 14.6 Å². The summed E-state index contributed by atoms with van der Waals surface area (Å²) in [5.41, 5.74) is 4.18. The van der Waals surface area contributed by atoms with Crippen LogP contribution in [0.5, 0.6) is 0 Å². The van der Waals surface area contributed by atoms with Gasteiger partial charge in [0.2, 0.25) is 5.91 Å². The molecule has 0 spiro atoms. The number of rotatable bonds is 10. The number of aliphatic carboxylic acids is 1. The van der Waals surface area contributed by atoms with Crippen molar-refractivity contribution < 1.29 is 29.3 Å². The Morgan fingerprint density at radius 1 is 0.976 bits per heavy atom. The minimum absolute atomic E-state index is 0.00375. The largest absolute Gasteiger partial charge is 0.481 e. The number of nitrogens with one attached hydrogen (secondary N) is 1. The lowest BCUT2D eigenvalue weighted by Crippen LogP contribution is -2.42. The van der Waals surface area contributed by atoms with Crippen LogP contribution in [-0.2, 0) is 25.7 Å². The Morgan fingerprint density at radius 3 is 2.37 bits per heavy atom. The van der Waals surface area contributed by atoms with E-state index < -0.39 is 12.3 Å². The Balaban J connectivity index is 1.29. The number of likely N-dealkylation sites (tertiary alicyclic amines) is 1. The highest BCUT2D eigenvalue weighted by atomic mass is 16.7. The Bertz CT molecular complexity index is 1210. The topological polar surface area (TPSA) is 108 Å². The first kappa shape index (κ1) is 29.7. The van der Waals surface area contributed by atoms with E-state index in [1.54, 1.807) is 0 Å². The highest BCUT2D eigenvalue weighted by molar-refractivity contribution is 5.90. The SMILES string of the molecule is CC1(C)CC2CC(C)(CN2CC2CC(c3ccc(CO)cc3)OC(c3ccc(NC(=O)CCCC(=O)O)cc3)O2)C1. The molecule has 3 N–H and O–H groups in total. The molecule has 1 amide bonds. The van der Waals surface area contributed by atoms with Crippen LogP contribution in [-0.4, -0.2) is 52.2 Å². The van der Waals surface area contributed by atoms with Gasteiger partial charge in [0, 0.05) is 49.6 Å². The molecule has 3 fully saturated rings. The molecule has 2 bridgehead atoms. The van der Waals surface area contributed by atoms with Crippen LogP contribution in [0.1, 0.15) is 94.8 Å². The number of anilines is 1. The fraction of sp³-hybridized carbons (Fsp3) is 0.576. The average molecular weight is 565 g/mol. The first-order valence-electron chi connectivity index (χ1n) is 14.9. The van der Waals surface area contributed by atoms with E-state index in [-0.39, 0.29) is 37.6 Å². The number of hydrogen-bond acceptors (Lipinski definition) is 6. The zero-order valence-corrected chi connectivity index (χ0v) is 24.5. The van der Waals surface area contributed by atoms with Gasteiger partial charge in [-0.2, -0.15) is 0 Å². The van der Waals surface area contributed by atoms with Crippen molar-refractivity contribution in [2.75, 3.05) is 18.4 Å². The zero-order valence-electron chi connectivity index (χ0n) is 24.5. The standard InChI is InChI=1S/C33H44N2O6/c1-32(2)16-26-17-33(3,20-32)21-35(26)18-27-15-28(23-9-7-22(19-36)8-10-23)41-31(40-27)24-11-13-25(14-12-24)34-29(37)5-4-6-30(38)39/h7-14,26-28,31,36H,4-6,15-21H2,1-3H3,(H,34,37)(H,38,39). The van der Waals surface area contributed by atoms with E-state index in [1.165, 1.54) is 19.3 Å². The normalized spacial score (nSPS) is 29.3. The van der Waals surface area contributed by atoms with Crippen molar-refractivity contribution in [2.24, 2.45) is 10.8 Å². The number of ether oxygens (including phenoxy) is 2. The van der Waals surface area contributed by atoms with E-state index >= 15 is 0 Å². The number of hydrogen-bond donors (Lipinski definition) is 3. The van der Waals surface area contributed by atoms with Gasteiger partial charge in [0.05, 0.1) is 18.8 Å². The molecule has 2 aromatic rings. The average Bonchev–Trinajstić information content (AvgIpc) is 3.15. The van der Waals surface area contributed by atoms with Crippen LogP contribution < -0.4 is 5.32 Å². The second-order valence-electron chi connectivity index (χ2n) is 13.4. The number of benzene rings is 2. The lowest BCUT2D eigenvalue weighted by Gasteiger charge is -2.41. The molecule has 8 nitrogen and oxygen atoms in total. The van der Waals surface area contributed by atoms with Crippen LogP contribution in [0.4, 0.5) is 5.69 Å². The third kappa shape index (κ3) is 7.55. The molecule has 5 atom stereocenters. The van der Waals surface area contributed by atoms with Crippen molar-refractivity contribution in [3.8, 4) is 0 Å². The molecule has 1 aliphatic carbocycles. The van der Waals surface area contributed by atoms with Crippen molar-refractivity contribution in [2.45, 2.75) is 96.9 Å². The van der Waals surface area contributed by atoms with Gasteiger partial charge < -0.3 is 25.0 Å². The summed E-state index contributed by atoms with van der Waals surface area (Å²) in [6.07, 6.45) is 4.21. The lowest BCUT2D eigenvalue weighted by molar-refractivity contribution is -0.253. The van der Waals surface area contributed by atoms with Gasteiger partial charge in [0.25, 0.3) is 0 Å². The van der Waals surface area contributed by atoms with Gasteiger partial charge in [-0.15, -0.1) is 0 Å². The van der Waals surface area contributed by atoms with Crippen LogP contribution in [0.3, 0.4) is 0 Å². The first-order chi connectivity index (χ1) is 19.5. The third-order valence-corrected chi connectivity index (χ3v) is 8.84. The molecule has 0 radical (unpaired) electrons. The van der Waals surface area contributed by atoms with Crippen LogP contribution in [0.15, 0.2) is 48.5 Å². The Morgan fingerprint density at radius 2 is 1.68 bits per heavy atom. The lowest BCUT2D eigenvalue weighted by atomic mass is 9.65. The summed E-state index contributed by atoms with van der Waals surface area (Å²) in [5, 5.41) is 21.1. The predicted molar refractivity (Wildman–Crippen MR) is 156 cm³/mol. The molecule has 0 aromatic heterocycles. The number of aliphatic hydroxyl groups excluding tert-OH is 1.